The van der Waals surface area contributed by atoms with Crippen molar-refractivity contribution in [3.05, 3.63) is 23.3 Å². The number of aromatic hydroxyl groups is 4. The van der Waals surface area contributed by atoms with E-state index in [0.717, 1.165) is 0 Å². The van der Waals surface area contributed by atoms with Crippen molar-refractivity contribution in [2.24, 2.45) is 0 Å². The zero-order valence-corrected chi connectivity index (χ0v) is 11.3. The van der Waals surface area contributed by atoms with E-state index in [1.165, 1.54) is 19.3 Å². The van der Waals surface area contributed by atoms with Crippen LogP contribution in [0, 0.1) is 0 Å². The molecule has 0 atom stereocenters. The standard InChI is InChI=1S/C15H12O6/c1-5-3-6(16)10-12-9(5)8(21-2)4-7(17)11(12)14(19)15(20)13(10)18/h3-4,17-20H,1-2H3. The van der Waals surface area contributed by atoms with Gasteiger partial charge in [-0.3, -0.25) is 4.79 Å². The fourth-order valence-electron chi connectivity index (χ4n) is 2.74. The van der Waals surface area contributed by atoms with Gasteiger partial charge >= 0.3 is 0 Å². The number of phenolic OH excluding ortho intramolecular Hbond substituents is 4. The minimum atomic E-state index is -0.842. The quantitative estimate of drug-likeness (QED) is 0.600. The summed E-state index contributed by atoms with van der Waals surface area (Å²) in [5.41, 5.74) is 0.874. The Balaban J connectivity index is 2.69. The molecule has 2 aromatic carbocycles. The molecule has 0 spiro atoms. The number of benzene rings is 2. The van der Waals surface area contributed by atoms with Crippen molar-refractivity contribution in [1.82, 2.24) is 0 Å². The first-order valence-electron chi connectivity index (χ1n) is 6.12. The summed E-state index contributed by atoms with van der Waals surface area (Å²) >= 11 is 0. The van der Waals surface area contributed by atoms with Crippen LogP contribution in [0.4, 0.5) is 0 Å². The van der Waals surface area contributed by atoms with E-state index < -0.39 is 23.0 Å². The van der Waals surface area contributed by atoms with Crippen LogP contribution in [-0.4, -0.2) is 33.3 Å². The van der Waals surface area contributed by atoms with Crippen LogP contribution in [0.3, 0.4) is 0 Å². The van der Waals surface area contributed by atoms with Gasteiger partial charge in [0, 0.05) is 17.0 Å². The predicted octanol–water partition coefficient (Wildman–Crippen LogP) is 2.27. The molecule has 0 bridgehead atoms. The van der Waals surface area contributed by atoms with E-state index in [1.54, 1.807) is 6.92 Å². The molecule has 108 valence electrons. The second kappa shape index (κ2) is 4.05. The molecule has 21 heavy (non-hydrogen) atoms. The van der Waals surface area contributed by atoms with Gasteiger partial charge in [0.05, 0.1) is 18.1 Å². The molecule has 2 aromatic rings. The van der Waals surface area contributed by atoms with E-state index >= 15 is 0 Å². The zero-order chi connectivity index (χ0) is 15.5. The molecular weight excluding hydrogens is 276 g/mol. The van der Waals surface area contributed by atoms with Crippen LogP contribution in [0.2, 0.25) is 0 Å². The molecule has 0 aromatic heterocycles. The van der Waals surface area contributed by atoms with Gasteiger partial charge in [0.25, 0.3) is 0 Å². The number of rotatable bonds is 1. The summed E-state index contributed by atoms with van der Waals surface area (Å²) in [6, 6.07) is 1.28. The molecule has 4 N–H and O–H groups in total. The van der Waals surface area contributed by atoms with Crippen LogP contribution in [0.1, 0.15) is 22.8 Å². The van der Waals surface area contributed by atoms with Crippen LogP contribution < -0.4 is 4.74 Å². The van der Waals surface area contributed by atoms with Crippen molar-refractivity contribution in [3.8, 4) is 28.7 Å². The van der Waals surface area contributed by atoms with Gasteiger partial charge in [0.15, 0.2) is 17.3 Å². The van der Waals surface area contributed by atoms with E-state index in [0.29, 0.717) is 16.9 Å². The van der Waals surface area contributed by atoms with Gasteiger partial charge < -0.3 is 25.2 Å². The highest BCUT2D eigenvalue weighted by Crippen LogP contribution is 2.53. The average Bonchev–Trinajstić information content (AvgIpc) is 2.43. The molecule has 0 aliphatic heterocycles. The maximum absolute atomic E-state index is 12.1. The molecule has 0 unspecified atom stereocenters. The Morgan fingerprint density at radius 2 is 1.62 bits per heavy atom. The first-order chi connectivity index (χ1) is 9.88. The Kier molecular flexibility index (Phi) is 2.53. The fraction of sp³-hybridized carbons (Fsp3) is 0.133. The van der Waals surface area contributed by atoms with Gasteiger partial charge in [-0.2, -0.15) is 0 Å². The number of hydrogen-bond acceptors (Lipinski definition) is 6. The Bertz CT molecular complexity index is 848. The largest absolute Gasteiger partial charge is 0.507 e. The number of phenols is 4. The number of ketones is 1. The van der Waals surface area contributed by atoms with Gasteiger partial charge in [0.2, 0.25) is 5.75 Å². The SMILES string of the molecule is COc1cc(O)c2c(O)c(O)c(O)c3c2c1C(C)=CC3=O. The molecule has 0 amide bonds. The number of ether oxygens (including phenoxy) is 1. The number of carbonyl (C=O) groups excluding carboxylic acids is 1. The lowest BCUT2D eigenvalue weighted by Gasteiger charge is -2.21. The van der Waals surface area contributed by atoms with Crippen LogP contribution in [0.15, 0.2) is 12.1 Å². The summed E-state index contributed by atoms with van der Waals surface area (Å²) in [7, 11) is 1.40. The maximum Gasteiger partial charge on any atom is 0.201 e. The van der Waals surface area contributed by atoms with Crippen molar-refractivity contribution in [2.45, 2.75) is 6.92 Å². The first kappa shape index (κ1) is 13.1. The lowest BCUT2D eigenvalue weighted by molar-refractivity contribution is 0.104. The highest BCUT2D eigenvalue weighted by molar-refractivity contribution is 6.26. The van der Waals surface area contributed by atoms with Gasteiger partial charge in [-0.25, -0.2) is 0 Å². The molecule has 1 aliphatic carbocycles. The topological polar surface area (TPSA) is 107 Å². The fourth-order valence-corrected chi connectivity index (χ4v) is 2.74. The Morgan fingerprint density at radius 3 is 2.24 bits per heavy atom. The van der Waals surface area contributed by atoms with E-state index in [2.05, 4.69) is 0 Å². The number of allylic oxidation sites excluding steroid dienone is 2. The molecule has 6 nitrogen and oxygen atoms in total. The molecule has 0 fully saturated rings. The first-order valence-corrected chi connectivity index (χ1v) is 6.12. The van der Waals surface area contributed by atoms with Crippen molar-refractivity contribution >= 4 is 22.1 Å². The summed E-state index contributed by atoms with van der Waals surface area (Å²) < 4.78 is 5.19. The Morgan fingerprint density at radius 1 is 0.952 bits per heavy atom. The van der Waals surface area contributed by atoms with Gasteiger partial charge in [-0.05, 0) is 18.6 Å². The van der Waals surface area contributed by atoms with Crippen molar-refractivity contribution in [3.63, 3.8) is 0 Å². The smallest absolute Gasteiger partial charge is 0.201 e. The second-order valence-electron chi connectivity index (χ2n) is 4.84. The number of methoxy groups -OCH3 is 1. The van der Waals surface area contributed by atoms with Crippen LogP contribution >= 0.6 is 0 Å². The number of carbonyl (C=O) groups is 1. The third-order valence-electron chi connectivity index (χ3n) is 3.65. The van der Waals surface area contributed by atoms with E-state index in [-0.39, 0.29) is 22.1 Å². The molecule has 0 saturated heterocycles. The molecule has 0 heterocycles. The highest BCUT2D eigenvalue weighted by Gasteiger charge is 2.31. The monoisotopic (exact) mass is 288 g/mol. The Hall–Kier alpha value is -2.89. The predicted molar refractivity (Wildman–Crippen MR) is 75.1 cm³/mol. The third kappa shape index (κ3) is 1.50. The van der Waals surface area contributed by atoms with Gasteiger partial charge in [-0.15, -0.1) is 0 Å². The van der Waals surface area contributed by atoms with Gasteiger partial charge in [0.1, 0.15) is 11.5 Å². The lowest BCUT2D eigenvalue weighted by atomic mass is 9.85. The summed E-state index contributed by atoms with van der Waals surface area (Å²) in [5, 5.41) is 39.8. The molecule has 1 aliphatic rings. The summed E-state index contributed by atoms with van der Waals surface area (Å²) in [6.45, 7) is 1.68. The zero-order valence-electron chi connectivity index (χ0n) is 11.3. The second-order valence-corrected chi connectivity index (χ2v) is 4.84. The summed E-state index contributed by atoms with van der Waals surface area (Å²) in [4.78, 5) is 12.1. The van der Waals surface area contributed by atoms with Crippen LogP contribution in [0.5, 0.6) is 28.7 Å². The van der Waals surface area contributed by atoms with E-state index in [9.17, 15) is 25.2 Å². The number of hydrogen-bond donors (Lipinski definition) is 4. The van der Waals surface area contributed by atoms with Crippen LogP contribution in [-0.2, 0) is 0 Å². The van der Waals surface area contributed by atoms with Gasteiger partial charge in [-0.1, -0.05) is 0 Å². The molecule has 0 saturated carbocycles. The molecular formula is C15H12O6. The van der Waals surface area contributed by atoms with E-state index in [1.807, 2.05) is 0 Å². The van der Waals surface area contributed by atoms with Crippen LogP contribution in [0.25, 0.3) is 16.3 Å². The Labute approximate surface area is 119 Å². The molecule has 6 heteroatoms. The summed E-state index contributed by atoms with van der Waals surface area (Å²) in [5.74, 6) is -2.83. The van der Waals surface area contributed by atoms with Crippen molar-refractivity contribution in [2.75, 3.05) is 7.11 Å². The third-order valence-corrected chi connectivity index (χ3v) is 3.65. The minimum Gasteiger partial charge on any atom is -0.507 e. The summed E-state index contributed by atoms with van der Waals surface area (Å²) in [6.07, 6.45) is 1.30. The molecule has 0 radical (unpaired) electrons. The molecule has 3 rings (SSSR count). The highest BCUT2D eigenvalue weighted by atomic mass is 16.5. The van der Waals surface area contributed by atoms with Crippen molar-refractivity contribution in [1.29, 1.82) is 0 Å². The maximum atomic E-state index is 12.1. The average molecular weight is 288 g/mol. The normalized spacial score (nSPS) is 13.4. The minimum absolute atomic E-state index is 0.100. The lowest BCUT2D eigenvalue weighted by Crippen LogP contribution is -2.07. The van der Waals surface area contributed by atoms with Crippen molar-refractivity contribution < 1.29 is 30.0 Å². The van der Waals surface area contributed by atoms with E-state index in [4.69, 9.17) is 4.74 Å².